The van der Waals surface area contributed by atoms with Gasteiger partial charge in [0.05, 0.1) is 18.8 Å². The number of benzene rings is 1. The van der Waals surface area contributed by atoms with Gasteiger partial charge in [-0.2, -0.15) is 0 Å². The Morgan fingerprint density at radius 3 is 2.53 bits per heavy atom. The summed E-state index contributed by atoms with van der Waals surface area (Å²) in [6.45, 7) is 9.27. The van der Waals surface area contributed by atoms with Crippen molar-refractivity contribution in [3.63, 3.8) is 0 Å². The topological polar surface area (TPSA) is 24.5 Å². The summed E-state index contributed by atoms with van der Waals surface area (Å²) in [5.41, 5.74) is 2.73. The van der Waals surface area contributed by atoms with Crippen LogP contribution in [-0.2, 0) is 4.74 Å². The molecule has 1 saturated heterocycles. The van der Waals surface area contributed by atoms with Crippen LogP contribution in [0.3, 0.4) is 0 Å². The van der Waals surface area contributed by atoms with E-state index in [0.717, 1.165) is 26.2 Å². The highest BCUT2D eigenvalue weighted by Gasteiger charge is 2.30. The first kappa shape index (κ1) is 14.4. The highest BCUT2D eigenvalue weighted by molar-refractivity contribution is 5.50. The van der Waals surface area contributed by atoms with E-state index in [9.17, 15) is 0 Å². The lowest BCUT2D eigenvalue weighted by molar-refractivity contribution is 0.0644. The summed E-state index contributed by atoms with van der Waals surface area (Å²) >= 11 is 0. The number of hydrogen-bond acceptors (Lipinski definition) is 3. The average Bonchev–Trinajstić information content (AvgIpc) is 2.41. The molecule has 3 nitrogen and oxygen atoms in total. The SMILES string of the molecule is CCC(NC)c1ccc(N2CCOCC2(C)C)cc1. The lowest BCUT2D eigenvalue weighted by atomic mass is 9.99. The molecule has 1 N–H and O–H groups in total. The number of ether oxygens (including phenoxy) is 1. The summed E-state index contributed by atoms with van der Waals surface area (Å²) in [5, 5.41) is 3.35. The fourth-order valence-electron chi connectivity index (χ4n) is 2.83. The number of rotatable bonds is 4. The molecule has 0 spiro atoms. The molecule has 19 heavy (non-hydrogen) atoms. The molecular weight excluding hydrogens is 236 g/mol. The molecule has 2 rings (SSSR count). The van der Waals surface area contributed by atoms with Crippen LogP contribution < -0.4 is 10.2 Å². The largest absolute Gasteiger partial charge is 0.377 e. The normalized spacial score (nSPS) is 20.3. The molecule has 1 aliphatic heterocycles. The first-order valence-electron chi connectivity index (χ1n) is 7.21. The third-order valence-corrected chi connectivity index (χ3v) is 4.01. The number of hydrogen-bond donors (Lipinski definition) is 1. The summed E-state index contributed by atoms with van der Waals surface area (Å²) in [7, 11) is 2.02. The number of anilines is 1. The lowest BCUT2D eigenvalue weighted by Crippen LogP contribution is -2.53. The van der Waals surface area contributed by atoms with Gasteiger partial charge in [0.2, 0.25) is 0 Å². The van der Waals surface area contributed by atoms with Crippen molar-refractivity contribution >= 4 is 5.69 Å². The minimum atomic E-state index is 0.0763. The van der Waals surface area contributed by atoms with Crippen molar-refractivity contribution in [1.82, 2.24) is 5.32 Å². The Morgan fingerprint density at radius 1 is 1.32 bits per heavy atom. The van der Waals surface area contributed by atoms with E-state index in [2.05, 4.69) is 55.3 Å². The maximum absolute atomic E-state index is 5.58. The number of nitrogens with one attached hydrogen (secondary N) is 1. The average molecular weight is 262 g/mol. The van der Waals surface area contributed by atoms with E-state index in [1.807, 2.05) is 7.05 Å². The van der Waals surface area contributed by atoms with E-state index in [4.69, 9.17) is 4.74 Å². The van der Waals surface area contributed by atoms with Gasteiger partial charge in [0.1, 0.15) is 0 Å². The van der Waals surface area contributed by atoms with Crippen LogP contribution in [-0.4, -0.2) is 32.3 Å². The smallest absolute Gasteiger partial charge is 0.0694 e. The van der Waals surface area contributed by atoms with Gasteiger partial charge in [-0.15, -0.1) is 0 Å². The van der Waals surface area contributed by atoms with Gasteiger partial charge < -0.3 is 15.0 Å². The Labute approximate surface area is 116 Å². The van der Waals surface area contributed by atoms with Crippen molar-refractivity contribution in [2.75, 3.05) is 31.7 Å². The monoisotopic (exact) mass is 262 g/mol. The lowest BCUT2D eigenvalue weighted by Gasteiger charge is -2.44. The second-order valence-electron chi connectivity index (χ2n) is 5.86. The Balaban J connectivity index is 2.17. The van der Waals surface area contributed by atoms with Crippen LogP contribution >= 0.6 is 0 Å². The third kappa shape index (κ3) is 3.10. The van der Waals surface area contributed by atoms with Gasteiger partial charge in [-0.05, 0) is 45.0 Å². The van der Waals surface area contributed by atoms with Crippen LogP contribution in [0.15, 0.2) is 24.3 Å². The zero-order chi connectivity index (χ0) is 13.9. The zero-order valence-corrected chi connectivity index (χ0v) is 12.6. The summed E-state index contributed by atoms with van der Waals surface area (Å²) in [4.78, 5) is 2.45. The molecule has 0 aromatic heterocycles. The van der Waals surface area contributed by atoms with Gasteiger partial charge in [0.15, 0.2) is 0 Å². The van der Waals surface area contributed by atoms with E-state index in [1.54, 1.807) is 0 Å². The van der Waals surface area contributed by atoms with Gasteiger partial charge >= 0.3 is 0 Å². The van der Waals surface area contributed by atoms with Crippen molar-refractivity contribution in [2.24, 2.45) is 0 Å². The Hall–Kier alpha value is -1.06. The van der Waals surface area contributed by atoms with E-state index in [1.165, 1.54) is 11.3 Å². The van der Waals surface area contributed by atoms with Gasteiger partial charge in [-0.3, -0.25) is 0 Å². The quantitative estimate of drug-likeness (QED) is 0.903. The number of morpholine rings is 1. The van der Waals surface area contributed by atoms with Crippen LogP contribution in [0.1, 0.15) is 38.8 Å². The third-order valence-electron chi connectivity index (χ3n) is 4.01. The van der Waals surface area contributed by atoms with Crippen molar-refractivity contribution < 1.29 is 4.74 Å². The Bertz CT molecular complexity index is 396. The van der Waals surface area contributed by atoms with Gasteiger partial charge in [-0.25, -0.2) is 0 Å². The van der Waals surface area contributed by atoms with Gasteiger partial charge in [0.25, 0.3) is 0 Å². The molecule has 1 heterocycles. The van der Waals surface area contributed by atoms with Crippen molar-refractivity contribution in [2.45, 2.75) is 38.8 Å². The van der Waals surface area contributed by atoms with Crippen molar-refractivity contribution in [3.8, 4) is 0 Å². The molecule has 0 aliphatic carbocycles. The molecule has 1 aliphatic rings. The molecule has 0 amide bonds. The van der Waals surface area contributed by atoms with Crippen LogP contribution in [0.25, 0.3) is 0 Å². The standard InChI is InChI=1S/C16H26N2O/c1-5-15(17-4)13-6-8-14(9-7-13)18-10-11-19-12-16(18,2)3/h6-9,15,17H,5,10-12H2,1-4H3. The van der Waals surface area contributed by atoms with E-state index < -0.39 is 0 Å². The molecule has 1 aromatic rings. The fourth-order valence-corrected chi connectivity index (χ4v) is 2.83. The van der Waals surface area contributed by atoms with Gasteiger partial charge in [-0.1, -0.05) is 19.1 Å². The van der Waals surface area contributed by atoms with Crippen LogP contribution in [0.4, 0.5) is 5.69 Å². The van der Waals surface area contributed by atoms with Crippen LogP contribution in [0.5, 0.6) is 0 Å². The Morgan fingerprint density at radius 2 is 2.00 bits per heavy atom. The summed E-state index contributed by atoms with van der Waals surface area (Å²) in [5.74, 6) is 0. The molecule has 1 atom stereocenters. The minimum absolute atomic E-state index is 0.0763. The van der Waals surface area contributed by atoms with Crippen LogP contribution in [0.2, 0.25) is 0 Å². The van der Waals surface area contributed by atoms with Crippen molar-refractivity contribution in [3.05, 3.63) is 29.8 Å². The molecule has 1 aromatic carbocycles. The first-order valence-corrected chi connectivity index (χ1v) is 7.21. The fraction of sp³-hybridized carbons (Fsp3) is 0.625. The summed E-state index contributed by atoms with van der Waals surface area (Å²) < 4.78 is 5.58. The molecule has 0 radical (unpaired) electrons. The first-order chi connectivity index (χ1) is 9.08. The molecule has 1 fully saturated rings. The van der Waals surface area contributed by atoms with Gasteiger partial charge in [0, 0.05) is 18.3 Å². The molecule has 106 valence electrons. The highest BCUT2D eigenvalue weighted by Crippen LogP contribution is 2.28. The molecule has 0 bridgehead atoms. The van der Waals surface area contributed by atoms with E-state index >= 15 is 0 Å². The number of nitrogens with zero attached hydrogens (tertiary/aromatic N) is 1. The Kier molecular flexibility index (Phi) is 4.48. The second kappa shape index (κ2) is 5.93. The molecule has 3 heteroatoms. The molecular formula is C16H26N2O. The second-order valence-corrected chi connectivity index (χ2v) is 5.86. The molecule has 0 saturated carbocycles. The molecule has 1 unspecified atom stereocenters. The highest BCUT2D eigenvalue weighted by atomic mass is 16.5. The predicted octanol–water partition coefficient (Wildman–Crippen LogP) is 2.97. The zero-order valence-electron chi connectivity index (χ0n) is 12.6. The van der Waals surface area contributed by atoms with E-state index in [0.29, 0.717) is 6.04 Å². The predicted molar refractivity (Wildman–Crippen MR) is 80.8 cm³/mol. The maximum Gasteiger partial charge on any atom is 0.0694 e. The van der Waals surface area contributed by atoms with Crippen LogP contribution in [0, 0.1) is 0 Å². The summed E-state index contributed by atoms with van der Waals surface area (Å²) in [6, 6.07) is 9.41. The van der Waals surface area contributed by atoms with E-state index in [-0.39, 0.29) is 5.54 Å². The summed E-state index contributed by atoms with van der Waals surface area (Å²) in [6.07, 6.45) is 1.11. The van der Waals surface area contributed by atoms with Crippen molar-refractivity contribution in [1.29, 1.82) is 0 Å². The maximum atomic E-state index is 5.58. The minimum Gasteiger partial charge on any atom is -0.377 e.